The highest BCUT2D eigenvalue weighted by molar-refractivity contribution is 7.13. The second-order valence-electron chi connectivity index (χ2n) is 6.30. The molecule has 0 spiro atoms. The minimum Gasteiger partial charge on any atom is -0.353 e. The predicted octanol–water partition coefficient (Wildman–Crippen LogP) is 1.97. The molecule has 0 aliphatic carbocycles. The van der Waals surface area contributed by atoms with E-state index in [1.165, 1.54) is 11.3 Å². The number of nitrogens with zero attached hydrogens (tertiary/aromatic N) is 7. The van der Waals surface area contributed by atoms with Crippen molar-refractivity contribution in [3.63, 3.8) is 0 Å². The van der Waals surface area contributed by atoms with Gasteiger partial charge in [-0.2, -0.15) is 0 Å². The molecule has 0 aromatic carbocycles. The largest absolute Gasteiger partial charge is 0.353 e. The van der Waals surface area contributed by atoms with Crippen LogP contribution < -0.4 is 4.90 Å². The molecular formula is C18H19N7OS. The van der Waals surface area contributed by atoms with Crippen molar-refractivity contribution in [3.8, 4) is 10.8 Å². The highest BCUT2D eigenvalue weighted by atomic mass is 32.1. The molecule has 1 saturated heterocycles. The van der Waals surface area contributed by atoms with E-state index in [2.05, 4.69) is 29.8 Å². The van der Waals surface area contributed by atoms with Gasteiger partial charge in [-0.1, -0.05) is 0 Å². The quantitative estimate of drug-likeness (QED) is 0.685. The van der Waals surface area contributed by atoms with Gasteiger partial charge >= 0.3 is 0 Å². The molecule has 3 aromatic heterocycles. The smallest absolute Gasteiger partial charge is 0.273 e. The Morgan fingerprint density at radius 1 is 1.04 bits per heavy atom. The molecule has 138 valence electrons. The topological polar surface area (TPSA) is 88.0 Å². The highest BCUT2D eigenvalue weighted by Gasteiger charge is 2.25. The Hall–Kier alpha value is -2.94. The third-order valence-electron chi connectivity index (χ3n) is 4.66. The molecule has 0 saturated carbocycles. The zero-order valence-electron chi connectivity index (χ0n) is 15.2. The van der Waals surface area contributed by atoms with Gasteiger partial charge in [0.2, 0.25) is 0 Å². The van der Waals surface area contributed by atoms with Crippen LogP contribution in [0.25, 0.3) is 10.8 Å². The van der Waals surface area contributed by atoms with Gasteiger partial charge in [-0.3, -0.25) is 4.79 Å². The Balaban J connectivity index is 1.43. The van der Waals surface area contributed by atoms with E-state index in [1.54, 1.807) is 30.2 Å². The van der Waals surface area contributed by atoms with Gasteiger partial charge in [-0.05, 0) is 19.9 Å². The minimum atomic E-state index is -0.0522. The summed E-state index contributed by atoms with van der Waals surface area (Å²) >= 11 is 1.38. The van der Waals surface area contributed by atoms with Crippen molar-refractivity contribution in [1.82, 2.24) is 29.8 Å². The molecule has 4 heterocycles. The van der Waals surface area contributed by atoms with Gasteiger partial charge in [-0.25, -0.2) is 24.9 Å². The van der Waals surface area contributed by atoms with Crippen molar-refractivity contribution in [2.45, 2.75) is 13.8 Å². The van der Waals surface area contributed by atoms with E-state index in [0.717, 1.165) is 30.2 Å². The molecule has 1 amide bonds. The molecule has 0 radical (unpaired) electrons. The summed E-state index contributed by atoms with van der Waals surface area (Å²) in [6, 6.07) is 1.75. The number of hydrogen-bond donors (Lipinski definition) is 0. The number of piperazine rings is 1. The summed E-state index contributed by atoms with van der Waals surface area (Å²) in [6.45, 7) is 6.76. The molecule has 1 aliphatic rings. The number of hydrogen-bond acceptors (Lipinski definition) is 8. The van der Waals surface area contributed by atoms with Gasteiger partial charge < -0.3 is 9.80 Å². The molecule has 0 bridgehead atoms. The third-order valence-corrected chi connectivity index (χ3v) is 5.49. The Bertz CT molecular complexity index is 951. The second-order valence-corrected chi connectivity index (χ2v) is 7.16. The van der Waals surface area contributed by atoms with Crippen LogP contribution in [0.3, 0.4) is 0 Å². The summed E-state index contributed by atoms with van der Waals surface area (Å²) in [5.74, 6) is 1.44. The lowest BCUT2D eigenvalue weighted by Gasteiger charge is -2.35. The molecule has 4 rings (SSSR count). The molecule has 27 heavy (non-hydrogen) atoms. The number of carbonyl (C=O) groups is 1. The van der Waals surface area contributed by atoms with E-state index in [9.17, 15) is 4.79 Å². The van der Waals surface area contributed by atoms with Crippen LogP contribution in [-0.4, -0.2) is 61.9 Å². The van der Waals surface area contributed by atoms with Crippen LogP contribution in [-0.2, 0) is 0 Å². The molecule has 8 nitrogen and oxygen atoms in total. The summed E-state index contributed by atoms with van der Waals surface area (Å²) in [7, 11) is 0. The molecule has 1 fully saturated rings. The molecular weight excluding hydrogens is 362 g/mol. The van der Waals surface area contributed by atoms with Crippen LogP contribution in [0.5, 0.6) is 0 Å². The molecule has 0 N–H and O–H groups in total. The van der Waals surface area contributed by atoms with E-state index in [0.29, 0.717) is 29.6 Å². The van der Waals surface area contributed by atoms with Gasteiger partial charge in [0, 0.05) is 55.2 Å². The van der Waals surface area contributed by atoms with Crippen LogP contribution in [0.15, 0.2) is 30.2 Å². The Kier molecular flexibility index (Phi) is 4.76. The highest BCUT2D eigenvalue weighted by Crippen LogP contribution is 2.23. The second kappa shape index (κ2) is 7.36. The first-order valence-electron chi connectivity index (χ1n) is 8.69. The van der Waals surface area contributed by atoms with Crippen LogP contribution in [0, 0.1) is 13.8 Å². The van der Waals surface area contributed by atoms with Gasteiger partial charge in [-0.15, -0.1) is 11.3 Å². The lowest BCUT2D eigenvalue weighted by Crippen LogP contribution is -2.49. The summed E-state index contributed by atoms with van der Waals surface area (Å²) < 4.78 is 0. The third kappa shape index (κ3) is 3.50. The Morgan fingerprint density at radius 3 is 2.52 bits per heavy atom. The van der Waals surface area contributed by atoms with Crippen LogP contribution in [0.2, 0.25) is 0 Å². The van der Waals surface area contributed by atoms with E-state index in [1.807, 2.05) is 18.7 Å². The monoisotopic (exact) mass is 381 g/mol. The van der Waals surface area contributed by atoms with Crippen molar-refractivity contribution in [2.75, 3.05) is 31.1 Å². The molecule has 0 unspecified atom stereocenters. The number of aromatic nitrogens is 5. The average Bonchev–Trinajstić information content (AvgIpc) is 3.21. The van der Waals surface area contributed by atoms with Crippen molar-refractivity contribution in [3.05, 3.63) is 47.1 Å². The van der Waals surface area contributed by atoms with Gasteiger partial charge in [0.05, 0.1) is 0 Å². The number of thiazole rings is 1. The SMILES string of the molecule is Cc1ncnc(N2CCN(C(=O)c3csc(-c4ncccn4)n3)CC2)c1C. The molecule has 0 atom stereocenters. The number of aryl methyl sites for hydroxylation is 1. The fraction of sp³-hybridized carbons (Fsp3) is 0.333. The molecule has 9 heteroatoms. The fourth-order valence-electron chi connectivity index (χ4n) is 3.01. The first-order valence-corrected chi connectivity index (χ1v) is 9.57. The van der Waals surface area contributed by atoms with Crippen molar-refractivity contribution in [1.29, 1.82) is 0 Å². The maximum atomic E-state index is 12.8. The lowest BCUT2D eigenvalue weighted by molar-refractivity contribution is 0.0741. The van der Waals surface area contributed by atoms with E-state index < -0.39 is 0 Å². The standard InChI is InChI=1S/C18H19N7OS/c1-12-13(2)21-11-22-16(12)24-6-8-25(9-7-24)18(26)14-10-27-17(23-14)15-19-4-3-5-20-15/h3-5,10-11H,6-9H2,1-2H3. The average molecular weight is 381 g/mol. The number of rotatable bonds is 3. The van der Waals surface area contributed by atoms with Crippen LogP contribution in [0.4, 0.5) is 5.82 Å². The van der Waals surface area contributed by atoms with Gasteiger partial charge in [0.1, 0.15) is 17.8 Å². The Morgan fingerprint density at radius 2 is 1.78 bits per heavy atom. The zero-order valence-corrected chi connectivity index (χ0v) is 16.0. The fourth-order valence-corrected chi connectivity index (χ4v) is 3.75. The number of carbonyl (C=O) groups excluding carboxylic acids is 1. The first-order chi connectivity index (χ1) is 13.1. The van der Waals surface area contributed by atoms with Gasteiger partial charge in [0.15, 0.2) is 10.8 Å². The minimum absolute atomic E-state index is 0.0522. The molecule has 1 aliphatic heterocycles. The van der Waals surface area contributed by atoms with Crippen LogP contribution in [0.1, 0.15) is 21.7 Å². The normalized spacial score (nSPS) is 14.4. The summed E-state index contributed by atoms with van der Waals surface area (Å²) in [5.41, 5.74) is 2.52. The van der Waals surface area contributed by atoms with E-state index >= 15 is 0 Å². The van der Waals surface area contributed by atoms with Crippen molar-refractivity contribution < 1.29 is 4.79 Å². The van der Waals surface area contributed by atoms with E-state index in [-0.39, 0.29) is 5.91 Å². The number of anilines is 1. The zero-order chi connectivity index (χ0) is 18.8. The summed E-state index contributed by atoms with van der Waals surface area (Å²) in [5, 5.41) is 2.43. The number of amides is 1. The summed E-state index contributed by atoms with van der Waals surface area (Å²) in [6.07, 6.45) is 4.93. The summed E-state index contributed by atoms with van der Waals surface area (Å²) in [4.78, 5) is 38.3. The van der Waals surface area contributed by atoms with E-state index in [4.69, 9.17) is 0 Å². The Labute approximate surface area is 161 Å². The van der Waals surface area contributed by atoms with Gasteiger partial charge in [0.25, 0.3) is 5.91 Å². The maximum absolute atomic E-state index is 12.8. The lowest BCUT2D eigenvalue weighted by atomic mass is 10.2. The molecule has 3 aromatic rings. The predicted molar refractivity (Wildman–Crippen MR) is 103 cm³/mol. The van der Waals surface area contributed by atoms with Crippen molar-refractivity contribution >= 4 is 23.1 Å². The maximum Gasteiger partial charge on any atom is 0.273 e. The van der Waals surface area contributed by atoms with Crippen LogP contribution >= 0.6 is 11.3 Å². The van der Waals surface area contributed by atoms with Crippen molar-refractivity contribution in [2.24, 2.45) is 0 Å². The first kappa shape index (κ1) is 17.5.